The molecule has 5 heteroatoms. The van der Waals surface area contributed by atoms with Gasteiger partial charge in [-0.1, -0.05) is 32.3 Å². The molecule has 5 nitrogen and oxygen atoms in total. The average molecular weight is 349 g/mol. The highest BCUT2D eigenvalue weighted by Crippen LogP contribution is 2.37. The van der Waals surface area contributed by atoms with Gasteiger partial charge in [-0.15, -0.1) is 0 Å². The zero-order valence-corrected chi connectivity index (χ0v) is 15.7. The molecule has 1 fully saturated rings. The Morgan fingerprint density at radius 2 is 2.12 bits per heavy atom. The maximum absolute atomic E-state index is 11.8. The van der Waals surface area contributed by atoms with Gasteiger partial charge in [0.1, 0.15) is 6.04 Å². The summed E-state index contributed by atoms with van der Waals surface area (Å²) in [6.45, 7) is 5.52. The number of piperidine rings is 1. The van der Waals surface area contributed by atoms with Gasteiger partial charge in [0.25, 0.3) is 0 Å². The Morgan fingerprint density at radius 3 is 2.76 bits per heavy atom. The molecule has 25 heavy (non-hydrogen) atoms. The van der Waals surface area contributed by atoms with E-state index in [1.165, 1.54) is 0 Å². The van der Waals surface area contributed by atoms with Crippen molar-refractivity contribution >= 4 is 5.97 Å². The fraction of sp³-hybridized carbons (Fsp3) is 0.650. The maximum Gasteiger partial charge on any atom is 0.320 e. The number of hydrogen-bond donors (Lipinski definition) is 1. The van der Waals surface area contributed by atoms with Crippen molar-refractivity contribution in [2.75, 3.05) is 20.3 Å². The Hall–Kier alpha value is -1.75. The van der Waals surface area contributed by atoms with E-state index in [1.54, 1.807) is 7.11 Å². The molecule has 1 aromatic carbocycles. The zero-order valence-electron chi connectivity index (χ0n) is 15.7. The van der Waals surface area contributed by atoms with Crippen LogP contribution < -0.4 is 9.47 Å². The molecule has 0 amide bonds. The Balaban J connectivity index is 2.35. The molecule has 2 unspecified atom stereocenters. The summed E-state index contributed by atoms with van der Waals surface area (Å²) < 4.78 is 11.1. The molecule has 2 atom stereocenters. The second-order valence-electron chi connectivity index (χ2n) is 6.59. The Kier molecular flexibility index (Phi) is 7.56. The highest BCUT2D eigenvalue weighted by atomic mass is 16.5. The zero-order chi connectivity index (χ0) is 18.2. The van der Waals surface area contributed by atoms with E-state index < -0.39 is 12.0 Å². The van der Waals surface area contributed by atoms with Crippen LogP contribution in [-0.2, 0) is 4.79 Å². The summed E-state index contributed by atoms with van der Waals surface area (Å²) in [5.74, 6) is 0.737. The van der Waals surface area contributed by atoms with Gasteiger partial charge in [0.05, 0.1) is 13.7 Å². The number of hydrogen-bond acceptors (Lipinski definition) is 4. The predicted octanol–water partition coefficient (Wildman–Crippen LogP) is 4.26. The minimum atomic E-state index is -0.709. The maximum atomic E-state index is 11.8. The van der Waals surface area contributed by atoms with Crippen LogP contribution in [0.3, 0.4) is 0 Å². The first-order chi connectivity index (χ1) is 12.1. The molecule has 0 bridgehead atoms. The number of ether oxygens (including phenoxy) is 2. The van der Waals surface area contributed by atoms with Crippen LogP contribution in [0.2, 0.25) is 0 Å². The SMILES string of the molecule is CCCCC(c1ccc(OC)c(OCC)c1)N1CCCCC1C(=O)O. The number of nitrogens with zero attached hydrogens (tertiary/aromatic N) is 1. The molecule has 2 rings (SSSR count). The Morgan fingerprint density at radius 1 is 1.32 bits per heavy atom. The lowest BCUT2D eigenvalue weighted by Crippen LogP contribution is -2.46. The van der Waals surface area contributed by atoms with E-state index in [4.69, 9.17) is 9.47 Å². The summed E-state index contributed by atoms with van der Waals surface area (Å²) in [6.07, 6.45) is 5.90. The quantitative estimate of drug-likeness (QED) is 0.722. The van der Waals surface area contributed by atoms with Crippen molar-refractivity contribution < 1.29 is 19.4 Å². The van der Waals surface area contributed by atoms with E-state index in [9.17, 15) is 9.90 Å². The van der Waals surface area contributed by atoms with Crippen LogP contribution in [0.1, 0.15) is 64.0 Å². The second kappa shape index (κ2) is 9.66. The van der Waals surface area contributed by atoms with E-state index in [1.807, 2.05) is 19.1 Å². The van der Waals surface area contributed by atoms with E-state index in [0.717, 1.165) is 56.4 Å². The van der Waals surface area contributed by atoms with Gasteiger partial charge < -0.3 is 14.6 Å². The first kappa shape index (κ1) is 19.6. The van der Waals surface area contributed by atoms with Gasteiger partial charge in [-0.05, 0) is 50.4 Å². The molecule has 0 aromatic heterocycles. The summed E-state index contributed by atoms with van der Waals surface area (Å²) in [6, 6.07) is 5.71. The van der Waals surface area contributed by atoms with E-state index in [2.05, 4.69) is 17.9 Å². The van der Waals surface area contributed by atoms with Crippen LogP contribution in [0.25, 0.3) is 0 Å². The number of carboxylic acid groups (broad SMARTS) is 1. The Bertz CT molecular complexity index is 561. The molecule has 140 valence electrons. The van der Waals surface area contributed by atoms with Crippen molar-refractivity contribution in [2.24, 2.45) is 0 Å². The summed E-state index contributed by atoms with van der Waals surface area (Å²) in [5, 5.41) is 9.66. The topological polar surface area (TPSA) is 59.0 Å². The number of rotatable bonds is 9. The molecule has 0 radical (unpaired) electrons. The van der Waals surface area contributed by atoms with Crippen molar-refractivity contribution in [3.8, 4) is 11.5 Å². The van der Waals surface area contributed by atoms with Gasteiger partial charge in [0.15, 0.2) is 11.5 Å². The Labute approximate surface area is 150 Å². The van der Waals surface area contributed by atoms with Gasteiger partial charge in [-0.3, -0.25) is 9.69 Å². The lowest BCUT2D eigenvalue weighted by molar-refractivity contribution is -0.146. The molecule has 1 aromatic rings. The highest BCUT2D eigenvalue weighted by molar-refractivity contribution is 5.73. The summed E-state index contributed by atoms with van der Waals surface area (Å²) >= 11 is 0. The van der Waals surface area contributed by atoms with Gasteiger partial charge in [0.2, 0.25) is 0 Å². The lowest BCUT2D eigenvalue weighted by Gasteiger charge is -2.39. The van der Waals surface area contributed by atoms with Gasteiger partial charge in [-0.2, -0.15) is 0 Å². The third-order valence-electron chi connectivity index (χ3n) is 4.93. The number of benzene rings is 1. The van der Waals surface area contributed by atoms with Crippen LogP contribution in [0.4, 0.5) is 0 Å². The first-order valence-electron chi connectivity index (χ1n) is 9.41. The number of methoxy groups -OCH3 is 1. The van der Waals surface area contributed by atoms with Crippen molar-refractivity contribution in [1.82, 2.24) is 4.90 Å². The number of carboxylic acids is 1. The van der Waals surface area contributed by atoms with E-state index in [0.29, 0.717) is 12.4 Å². The smallest absolute Gasteiger partial charge is 0.320 e. The van der Waals surface area contributed by atoms with Crippen LogP contribution in [-0.4, -0.2) is 42.3 Å². The fourth-order valence-electron chi connectivity index (χ4n) is 3.68. The van der Waals surface area contributed by atoms with Gasteiger partial charge in [-0.25, -0.2) is 0 Å². The molecule has 1 heterocycles. The van der Waals surface area contributed by atoms with Crippen LogP contribution in [0.15, 0.2) is 18.2 Å². The first-order valence-corrected chi connectivity index (χ1v) is 9.41. The largest absolute Gasteiger partial charge is 0.493 e. The molecule has 0 saturated carbocycles. The monoisotopic (exact) mass is 349 g/mol. The van der Waals surface area contributed by atoms with Gasteiger partial charge >= 0.3 is 5.97 Å². The summed E-state index contributed by atoms with van der Waals surface area (Å²) in [5.41, 5.74) is 1.12. The standard InChI is InChI=1S/C20H31NO4/c1-4-6-9-16(21-13-8-7-10-17(21)20(22)23)15-11-12-18(24-3)19(14-15)25-5-2/h11-12,14,16-17H,4-10,13H2,1-3H3,(H,22,23). The molecule has 1 aliphatic heterocycles. The van der Waals surface area contributed by atoms with Gasteiger partial charge in [0, 0.05) is 6.04 Å². The highest BCUT2D eigenvalue weighted by Gasteiger charge is 2.34. The third-order valence-corrected chi connectivity index (χ3v) is 4.93. The fourth-order valence-corrected chi connectivity index (χ4v) is 3.68. The number of carbonyl (C=O) groups is 1. The van der Waals surface area contributed by atoms with Crippen molar-refractivity contribution in [2.45, 2.75) is 64.5 Å². The molecule has 0 spiro atoms. The van der Waals surface area contributed by atoms with E-state index >= 15 is 0 Å². The van der Waals surface area contributed by atoms with Crippen molar-refractivity contribution in [1.29, 1.82) is 0 Å². The summed E-state index contributed by atoms with van der Waals surface area (Å²) in [7, 11) is 1.64. The van der Waals surface area contributed by atoms with E-state index in [-0.39, 0.29) is 6.04 Å². The average Bonchev–Trinajstić information content (AvgIpc) is 2.63. The molecule has 1 N–H and O–H groups in total. The van der Waals surface area contributed by atoms with Crippen molar-refractivity contribution in [3.63, 3.8) is 0 Å². The minimum Gasteiger partial charge on any atom is -0.493 e. The second-order valence-corrected chi connectivity index (χ2v) is 6.59. The molecule has 1 aliphatic rings. The molecular weight excluding hydrogens is 318 g/mol. The normalized spacial score (nSPS) is 19.4. The third kappa shape index (κ3) is 4.88. The lowest BCUT2D eigenvalue weighted by atomic mass is 9.93. The molecule has 0 aliphatic carbocycles. The predicted molar refractivity (Wildman–Crippen MR) is 98.4 cm³/mol. The minimum absolute atomic E-state index is 0.103. The van der Waals surface area contributed by atoms with Crippen LogP contribution in [0.5, 0.6) is 11.5 Å². The van der Waals surface area contributed by atoms with Crippen LogP contribution in [0, 0.1) is 0 Å². The summed E-state index contributed by atoms with van der Waals surface area (Å²) in [4.78, 5) is 13.9. The van der Waals surface area contributed by atoms with Crippen LogP contribution >= 0.6 is 0 Å². The molecule has 1 saturated heterocycles. The van der Waals surface area contributed by atoms with Crippen molar-refractivity contribution in [3.05, 3.63) is 23.8 Å². The molecular formula is C20H31NO4. The number of unbranched alkanes of at least 4 members (excludes halogenated alkanes) is 1. The number of likely N-dealkylation sites (tertiary alicyclic amines) is 1. The number of aliphatic carboxylic acids is 1.